The smallest absolute Gasteiger partial charge is 0.0644 e. The summed E-state index contributed by atoms with van der Waals surface area (Å²) in [6.45, 7) is 3.31. The number of aliphatic hydroxyl groups excluding tert-OH is 1. The number of hydrogen-bond donors (Lipinski definition) is 2. The fourth-order valence-corrected chi connectivity index (χ4v) is 2.32. The van der Waals surface area contributed by atoms with Crippen molar-refractivity contribution in [3.05, 3.63) is 35.9 Å². The minimum atomic E-state index is 0.0633. The maximum atomic E-state index is 9.29. The average molecular weight is 250 g/mol. The Labute approximate surface area is 108 Å². The fourth-order valence-electron chi connectivity index (χ4n) is 2.32. The molecule has 1 heterocycles. The maximum Gasteiger partial charge on any atom is 0.0644 e. The van der Waals surface area contributed by atoms with Gasteiger partial charge >= 0.3 is 0 Å². The molecule has 2 atom stereocenters. The van der Waals surface area contributed by atoms with Crippen LogP contribution < -0.4 is 5.73 Å². The predicted octanol–water partition coefficient (Wildman–Crippen LogP) is 0.770. The Hall–Kier alpha value is -0.940. The molecule has 1 aliphatic rings. The van der Waals surface area contributed by atoms with Crippen molar-refractivity contribution in [1.29, 1.82) is 0 Å². The van der Waals surface area contributed by atoms with Crippen molar-refractivity contribution in [2.24, 2.45) is 5.73 Å². The monoisotopic (exact) mass is 250 g/mol. The number of rotatable bonds is 5. The van der Waals surface area contributed by atoms with E-state index < -0.39 is 0 Å². The van der Waals surface area contributed by atoms with E-state index in [1.54, 1.807) is 0 Å². The molecule has 0 saturated carbocycles. The van der Waals surface area contributed by atoms with Crippen molar-refractivity contribution in [1.82, 2.24) is 4.90 Å². The highest BCUT2D eigenvalue weighted by Gasteiger charge is 2.22. The van der Waals surface area contributed by atoms with Gasteiger partial charge in [0.1, 0.15) is 0 Å². The molecule has 1 saturated heterocycles. The Kier molecular flexibility index (Phi) is 5.13. The predicted molar refractivity (Wildman–Crippen MR) is 71.3 cm³/mol. The zero-order valence-corrected chi connectivity index (χ0v) is 10.7. The molecule has 1 aliphatic heterocycles. The molecule has 0 spiro atoms. The minimum absolute atomic E-state index is 0.0633. The van der Waals surface area contributed by atoms with E-state index in [-0.39, 0.29) is 18.7 Å². The molecule has 0 aromatic heterocycles. The van der Waals surface area contributed by atoms with Crippen LogP contribution >= 0.6 is 0 Å². The molecule has 4 nitrogen and oxygen atoms in total. The normalized spacial score (nSPS) is 22.9. The van der Waals surface area contributed by atoms with E-state index in [2.05, 4.69) is 17.0 Å². The van der Waals surface area contributed by atoms with E-state index >= 15 is 0 Å². The van der Waals surface area contributed by atoms with E-state index in [1.807, 2.05) is 18.2 Å². The molecule has 0 aliphatic carbocycles. The highest BCUT2D eigenvalue weighted by Crippen LogP contribution is 2.15. The first kappa shape index (κ1) is 13.5. The molecule has 1 aromatic carbocycles. The van der Waals surface area contributed by atoms with Crippen LogP contribution in [0, 0.1) is 0 Å². The lowest BCUT2D eigenvalue weighted by molar-refractivity contribution is -0.0282. The Morgan fingerprint density at radius 2 is 2.17 bits per heavy atom. The third-order valence-electron chi connectivity index (χ3n) is 3.52. The van der Waals surface area contributed by atoms with Crippen LogP contribution in [0.5, 0.6) is 0 Å². The summed E-state index contributed by atoms with van der Waals surface area (Å²) in [4.78, 5) is 2.27. The van der Waals surface area contributed by atoms with Crippen LogP contribution in [0.25, 0.3) is 0 Å². The molecule has 2 unspecified atom stereocenters. The number of aliphatic hydroxyl groups is 1. The van der Waals surface area contributed by atoms with Crippen molar-refractivity contribution >= 4 is 0 Å². The standard InChI is InChI=1S/C14H22N2O2/c15-14(12-4-2-1-3-5-12)6-7-16-8-9-18-11-13(16)10-17/h1-5,13-14,17H,6-11,15H2. The first-order chi connectivity index (χ1) is 8.81. The first-order valence-electron chi connectivity index (χ1n) is 6.54. The summed E-state index contributed by atoms with van der Waals surface area (Å²) in [7, 11) is 0. The van der Waals surface area contributed by atoms with Crippen LogP contribution in [-0.4, -0.2) is 49.0 Å². The number of benzene rings is 1. The van der Waals surface area contributed by atoms with Gasteiger partial charge in [-0.3, -0.25) is 4.90 Å². The molecule has 0 bridgehead atoms. The van der Waals surface area contributed by atoms with Crippen LogP contribution in [-0.2, 0) is 4.74 Å². The number of nitrogens with two attached hydrogens (primary N) is 1. The highest BCUT2D eigenvalue weighted by molar-refractivity contribution is 5.18. The van der Waals surface area contributed by atoms with Crippen LogP contribution in [0.3, 0.4) is 0 Å². The maximum absolute atomic E-state index is 9.29. The quantitative estimate of drug-likeness (QED) is 0.810. The van der Waals surface area contributed by atoms with Gasteiger partial charge in [0.15, 0.2) is 0 Å². The van der Waals surface area contributed by atoms with Gasteiger partial charge in [0.25, 0.3) is 0 Å². The summed E-state index contributed by atoms with van der Waals surface area (Å²) < 4.78 is 5.36. The van der Waals surface area contributed by atoms with E-state index in [9.17, 15) is 5.11 Å². The van der Waals surface area contributed by atoms with Crippen molar-refractivity contribution in [3.8, 4) is 0 Å². The van der Waals surface area contributed by atoms with Crippen molar-refractivity contribution in [2.75, 3.05) is 32.9 Å². The molecule has 0 amide bonds. The summed E-state index contributed by atoms with van der Waals surface area (Å²) in [5.74, 6) is 0. The molecule has 18 heavy (non-hydrogen) atoms. The lowest BCUT2D eigenvalue weighted by Gasteiger charge is -2.34. The Bertz CT molecular complexity index is 345. The van der Waals surface area contributed by atoms with Crippen LogP contribution in [0.4, 0.5) is 0 Å². The van der Waals surface area contributed by atoms with Gasteiger partial charge in [-0.1, -0.05) is 30.3 Å². The number of nitrogens with zero attached hydrogens (tertiary/aromatic N) is 1. The molecule has 3 N–H and O–H groups in total. The van der Waals surface area contributed by atoms with Crippen LogP contribution in [0.1, 0.15) is 18.0 Å². The van der Waals surface area contributed by atoms with Crippen LogP contribution in [0.15, 0.2) is 30.3 Å². The average Bonchev–Trinajstić information content (AvgIpc) is 2.46. The highest BCUT2D eigenvalue weighted by atomic mass is 16.5. The SMILES string of the molecule is NC(CCN1CCOCC1CO)c1ccccc1. The molecule has 1 aromatic rings. The van der Waals surface area contributed by atoms with Gasteiger partial charge in [0, 0.05) is 19.1 Å². The summed E-state index contributed by atoms with van der Waals surface area (Å²) in [5.41, 5.74) is 7.35. The van der Waals surface area contributed by atoms with Gasteiger partial charge in [-0.25, -0.2) is 0 Å². The summed E-state index contributed by atoms with van der Waals surface area (Å²) in [5, 5.41) is 9.29. The lowest BCUT2D eigenvalue weighted by Crippen LogP contribution is -2.48. The Morgan fingerprint density at radius 3 is 2.89 bits per heavy atom. The largest absolute Gasteiger partial charge is 0.395 e. The molecule has 100 valence electrons. The topological polar surface area (TPSA) is 58.7 Å². The zero-order chi connectivity index (χ0) is 12.8. The van der Waals surface area contributed by atoms with Gasteiger partial charge in [0.05, 0.1) is 25.9 Å². The third kappa shape index (κ3) is 3.53. The van der Waals surface area contributed by atoms with E-state index in [0.29, 0.717) is 6.61 Å². The number of hydrogen-bond acceptors (Lipinski definition) is 4. The van der Waals surface area contributed by atoms with Crippen LogP contribution in [0.2, 0.25) is 0 Å². The van der Waals surface area contributed by atoms with Crippen molar-refractivity contribution in [2.45, 2.75) is 18.5 Å². The molecular weight excluding hydrogens is 228 g/mol. The second kappa shape index (κ2) is 6.85. The zero-order valence-electron chi connectivity index (χ0n) is 10.7. The number of ether oxygens (including phenoxy) is 1. The minimum Gasteiger partial charge on any atom is -0.395 e. The molecule has 1 fully saturated rings. The Balaban J connectivity index is 1.83. The van der Waals surface area contributed by atoms with Gasteiger partial charge < -0.3 is 15.6 Å². The third-order valence-corrected chi connectivity index (χ3v) is 3.52. The number of morpholine rings is 1. The van der Waals surface area contributed by atoms with Gasteiger partial charge in [-0.15, -0.1) is 0 Å². The Morgan fingerprint density at radius 1 is 1.39 bits per heavy atom. The van der Waals surface area contributed by atoms with E-state index in [0.717, 1.165) is 26.1 Å². The molecule has 2 rings (SSSR count). The van der Waals surface area contributed by atoms with Crippen molar-refractivity contribution < 1.29 is 9.84 Å². The second-order valence-electron chi connectivity index (χ2n) is 4.75. The second-order valence-corrected chi connectivity index (χ2v) is 4.75. The fraction of sp³-hybridized carbons (Fsp3) is 0.571. The van der Waals surface area contributed by atoms with Gasteiger partial charge in [0.2, 0.25) is 0 Å². The summed E-state index contributed by atoms with van der Waals surface area (Å²) >= 11 is 0. The lowest BCUT2D eigenvalue weighted by atomic mass is 10.0. The van der Waals surface area contributed by atoms with Gasteiger partial charge in [-0.05, 0) is 12.0 Å². The first-order valence-corrected chi connectivity index (χ1v) is 6.54. The summed E-state index contributed by atoms with van der Waals surface area (Å²) in [6.07, 6.45) is 0.903. The molecule has 0 radical (unpaired) electrons. The van der Waals surface area contributed by atoms with E-state index in [1.165, 1.54) is 5.56 Å². The van der Waals surface area contributed by atoms with Crippen molar-refractivity contribution in [3.63, 3.8) is 0 Å². The molecular formula is C14H22N2O2. The van der Waals surface area contributed by atoms with Gasteiger partial charge in [-0.2, -0.15) is 0 Å². The van der Waals surface area contributed by atoms with E-state index in [4.69, 9.17) is 10.5 Å². The molecule has 4 heteroatoms. The summed E-state index contributed by atoms with van der Waals surface area (Å²) in [6, 6.07) is 10.3.